The maximum atomic E-state index is 12.5. The van der Waals surface area contributed by atoms with E-state index in [0.717, 1.165) is 12.2 Å². The van der Waals surface area contributed by atoms with Crippen molar-refractivity contribution in [3.63, 3.8) is 0 Å². The lowest BCUT2D eigenvalue weighted by atomic mass is 9.80. The van der Waals surface area contributed by atoms with Crippen LogP contribution in [0.4, 0.5) is 0 Å². The fourth-order valence-corrected chi connectivity index (χ4v) is 3.23. The monoisotopic (exact) mass is 358 g/mol. The summed E-state index contributed by atoms with van der Waals surface area (Å²) in [6.07, 6.45) is -4.91. The Hall–Kier alpha value is -1.78. The number of aliphatic carboxylic acids is 1. The van der Waals surface area contributed by atoms with Gasteiger partial charge in [-0.3, -0.25) is 0 Å². The number of hydrogen-bond acceptors (Lipinski definition) is 8. The van der Waals surface area contributed by atoms with E-state index in [9.17, 15) is 40.2 Å². The average molecular weight is 358 g/mol. The second-order valence-electron chi connectivity index (χ2n) is 6.73. The molecule has 140 valence electrons. The number of hydrogen-bond donors (Lipinski definition) is 6. The summed E-state index contributed by atoms with van der Waals surface area (Å²) in [7, 11) is 0. The molecule has 6 atom stereocenters. The van der Waals surface area contributed by atoms with Gasteiger partial charge in [0, 0.05) is 0 Å². The molecule has 0 amide bonds. The Morgan fingerprint density at radius 3 is 2.00 bits per heavy atom. The molecular weight excluding hydrogens is 336 g/mol. The van der Waals surface area contributed by atoms with Crippen LogP contribution in [-0.2, 0) is 14.3 Å². The molecule has 9 nitrogen and oxygen atoms in total. The van der Waals surface area contributed by atoms with E-state index in [1.807, 2.05) is 0 Å². The van der Waals surface area contributed by atoms with Crippen LogP contribution in [0, 0.1) is 0 Å². The number of carboxylic acid groups (broad SMARTS) is 1. The summed E-state index contributed by atoms with van der Waals surface area (Å²) in [4.78, 5) is 24.2. The van der Waals surface area contributed by atoms with Gasteiger partial charge in [-0.15, -0.1) is 0 Å². The number of aliphatic hydroxyl groups excluding tert-OH is 4. The van der Waals surface area contributed by atoms with Gasteiger partial charge in [0.05, 0.1) is 12.2 Å². The largest absolute Gasteiger partial charge is 0.478 e. The van der Waals surface area contributed by atoms with E-state index in [0.29, 0.717) is 11.1 Å². The first kappa shape index (κ1) is 19.5. The maximum Gasteiger partial charge on any atom is 0.355 e. The molecule has 0 fully saturated rings. The Kier molecular flexibility index (Phi) is 5.08. The van der Waals surface area contributed by atoms with Crippen molar-refractivity contribution in [3.05, 3.63) is 23.3 Å². The molecule has 0 saturated carbocycles. The van der Waals surface area contributed by atoms with Gasteiger partial charge in [-0.25, -0.2) is 9.59 Å². The molecule has 0 radical (unpaired) electrons. The van der Waals surface area contributed by atoms with Crippen molar-refractivity contribution in [1.29, 1.82) is 0 Å². The zero-order valence-electron chi connectivity index (χ0n) is 13.8. The van der Waals surface area contributed by atoms with Crippen LogP contribution < -0.4 is 0 Å². The van der Waals surface area contributed by atoms with Crippen molar-refractivity contribution in [2.75, 3.05) is 0 Å². The van der Waals surface area contributed by atoms with Crippen LogP contribution in [-0.4, -0.2) is 78.2 Å². The molecule has 0 spiro atoms. The first-order chi connectivity index (χ1) is 11.4. The third kappa shape index (κ3) is 3.21. The third-order valence-corrected chi connectivity index (χ3v) is 4.53. The van der Waals surface area contributed by atoms with E-state index in [-0.39, 0.29) is 12.8 Å². The zero-order chi connectivity index (χ0) is 19.2. The predicted molar refractivity (Wildman–Crippen MR) is 82.2 cm³/mol. The molecule has 9 heteroatoms. The smallest absolute Gasteiger partial charge is 0.355 e. The maximum absolute atomic E-state index is 12.5. The third-order valence-electron chi connectivity index (χ3n) is 4.53. The second kappa shape index (κ2) is 6.50. The van der Waals surface area contributed by atoms with E-state index in [4.69, 9.17) is 4.74 Å². The molecule has 2 aliphatic carbocycles. The highest BCUT2D eigenvalue weighted by molar-refractivity contribution is 5.90. The summed E-state index contributed by atoms with van der Waals surface area (Å²) in [5.41, 5.74) is -4.57. The number of esters is 1. The van der Waals surface area contributed by atoms with E-state index in [1.54, 1.807) is 0 Å². The Balaban J connectivity index is 2.44. The minimum Gasteiger partial charge on any atom is -0.478 e. The van der Waals surface area contributed by atoms with Crippen LogP contribution in [0.2, 0.25) is 0 Å². The van der Waals surface area contributed by atoms with Gasteiger partial charge in [-0.1, -0.05) is 11.1 Å². The van der Waals surface area contributed by atoms with E-state index < -0.39 is 47.6 Å². The summed E-state index contributed by atoms with van der Waals surface area (Å²) in [6.45, 7) is 2.99. The van der Waals surface area contributed by atoms with Crippen molar-refractivity contribution in [1.82, 2.24) is 0 Å². The lowest BCUT2D eigenvalue weighted by Crippen LogP contribution is -2.63. The Morgan fingerprint density at radius 2 is 1.48 bits per heavy atom. The van der Waals surface area contributed by atoms with Crippen molar-refractivity contribution in [2.45, 2.75) is 62.3 Å². The summed E-state index contributed by atoms with van der Waals surface area (Å²) >= 11 is 0. The van der Waals surface area contributed by atoms with Crippen LogP contribution in [0.15, 0.2) is 23.3 Å². The molecule has 25 heavy (non-hydrogen) atoms. The van der Waals surface area contributed by atoms with Crippen LogP contribution >= 0.6 is 0 Å². The SMILES string of the molecule is CC1=CC(O)(C(=O)OC2(C(=O)O)C=C(C)CC(O)C2O)C(O)C(O)C1. The van der Waals surface area contributed by atoms with Gasteiger partial charge in [0.25, 0.3) is 5.60 Å². The minimum absolute atomic E-state index is 0.0151. The normalized spacial score (nSPS) is 41.6. The highest BCUT2D eigenvalue weighted by Crippen LogP contribution is 2.35. The standard InChI is InChI=1S/C16H22O9/c1-7-3-9(17)11(19)15(24,5-7)14(23)25-16(13(21)22)6-8(2)4-10(18)12(16)20/h5-6,9-12,17-20,24H,3-4H2,1-2H3,(H,21,22). The fraction of sp³-hybridized carbons (Fsp3) is 0.625. The Bertz CT molecular complexity index is 640. The molecule has 0 aromatic heterocycles. The molecule has 0 aromatic rings. The summed E-state index contributed by atoms with van der Waals surface area (Å²) in [5.74, 6) is -3.31. The average Bonchev–Trinajstić information content (AvgIpc) is 2.49. The molecule has 6 unspecified atom stereocenters. The van der Waals surface area contributed by atoms with Gasteiger partial charge >= 0.3 is 11.9 Å². The first-order valence-electron chi connectivity index (χ1n) is 7.72. The van der Waals surface area contributed by atoms with Crippen molar-refractivity contribution >= 4 is 11.9 Å². The summed E-state index contributed by atoms with van der Waals surface area (Å²) < 4.78 is 4.91. The van der Waals surface area contributed by atoms with Crippen molar-refractivity contribution in [3.8, 4) is 0 Å². The van der Waals surface area contributed by atoms with Gasteiger partial charge in [-0.2, -0.15) is 0 Å². The fourth-order valence-electron chi connectivity index (χ4n) is 3.23. The molecule has 2 rings (SSSR count). The summed E-state index contributed by atoms with van der Waals surface area (Å²) in [5, 5.41) is 59.7. The number of ether oxygens (including phenoxy) is 1. The minimum atomic E-state index is -2.69. The highest BCUT2D eigenvalue weighted by atomic mass is 16.6. The van der Waals surface area contributed by atoms with Crippen LogP contribution in [0.25, 0.3) is 0 Å². The highest BCUT2D eigenvalue weighted by Gasteiger charge is 2.57. The van der Waals surface area contributed by atoms with Crippen LogP contribution in [0.5, 0.6) is 0 Å². The number of aliphatic hydroxyl groups is 5. The van der Waals surface area contributed by atoms with E-state index >= 15 is 0 Å². The molecule has 6 N–H and O–H groups in total. The zero-order valence-corrected chi connectivity index (χ0v) is 13.8. The number of carbonyl (C=O) groups excluding carboxylic acids is 1. The first-order valence-corrected chi connectivity index (χ1v) is 7.72. The van der Waals surface area contributed by atoms with Gasteiger partial charge in [0.15, 0.2) is 0 Å². The van der Waals surface area contributed by atoms with E-state index in [2.05, 4.69) is 0 Å². The molecule has 0 bridgehead atoms. The van der Waals surface area contributed by atoms with Gasteiger partial charge in [0.1, 0.15) is 12.2 Å². The molecule has 0 heterocycles. The number of carbonyl (C=O) groups is 2. The molecule has 0 saturated heterocycles. The lowest BCUT2D eigenvalue weighted by molar-refractivity contribution is -0.212. The van der Waals surface area contributed by atoms with Crippen molar-refractivity contribution < 1.29 is 45.0 Å². The predicted octanol–water partition coefficient (Wildman–Crippen LogP) is -1.77. The van der Waals surface area contributed by atoms with E-state index in [1.165, 1.54) is 13.8 Å². The molecular formula is C16H22O9. The summed E-state index contributed by atoms with van der Waals surface area (Å²) in [6, 6.07) is 0. The molecule has 0 aliphatic heterocycles. The van der Waals surface area contributed by atoms with Gasteiger partial charge in [-0.05, 0) is 38.8 Å². The Morgan fingerprint density at radius 1 is 1.00 bits per heavy atom. The number of carboxylic acids is 1. The van der Waals surface area contributed by atoms with Crippen molar-refractivity contribution in [2.24, 2.45) is 0 Å². The molecule has 0 aromatic carbocycles. The molecule has 2 aliphatic rings. The van der Waals surface area contributed by atoms with Gasteiger partial charge in [0.2, 0.25) is 5.60 Å². The quantitative estimate of drug-likeness (QED) is 0.253. The van der Waals surface area contributed by atoms with Crippen LogP contribution in [0.1, 0.15) is 26.7 Å². The van der Waals surface area contributed by atoms with Crippen LogP contribution in [0.3, 0.4) is 0 Å². The van der Waals surface area contributed by atoms with Gasteiger partial charge < -0.3 is 35.4 Å². The topological polar surface area (TPSA) is 165 Å². The number of rotatable bonds is 3. The Labute approximate surface area is 143 Å². The second-order valence-corrected chi connectivity index (χ2v) is 6.73. The lowest BCUT2D eigenvalue weighted by Gasteiger charge is -2.41.